The number of halogens is 1. The van der Waals surface area contributed by atoms with Crippen LogP contribution in [0.1, 0.15) is 47.6 Å². The smallest absolute Gasteiger partial charge is 0.274 e. The highest BCUT2D eigenvalue weighted by atomic mass is 19.1. The lowest BCUT2D eigenvalue weighted by Gasteiger charge is -2.31. The van der Waals surface area contributed by atoms with Crippen molar-refractivity contribution < 1.29 is 9.18 Å². The molecule has 0 spiro atoms. The number of carbonyl (C=O) groups excluding carboxylic acids is 1. The van der Waals surface area contributed by atoms with E-state index in [0.29, 0.717) is 24.7 Å². The Morgan fingerprint density at radius 2 is 1.83 bits per heavy atom. The number of aryl methyl sites for hydroxylation is 2. The lowest BCUT2D eigenvalue weighted by molar-refractivity contribution is 0.0705. The van der Waals surface area contributed by atoms with Crippen molar-refractivity contribution in [3.05, 3.63) is 71.6 Å². The highest BCUT2D eigenvalue weighted by molar-refractivity contribution is 5.92. The number of carbonyl (C=O) groups is 1. The highest BCUT2D eigenvalue weighted by Gasteiger charge is 2.26. The van der Waals surface area contributed by atoms with Gasteiger partial charge in [-0.1, -0.05) is 12.1 Å². The topological polar surface area (TPSA) is 51.0 Å². The van der Waals surface area contributed by atoms with Crippen molar-refractivity contribution >= 4 is 5.91 Å². The van der Waals surface area contributed by atoms with Gasteiger partial charge in [-0.05, 0) is 68.1 Å². The van der Waals surface area contributed by atoms with Crippen LogP contribution in [0.4, 0.5) is 4.39 Å². The Hall–Kier alpha value is -3.02. The molecule has 0 aliphatic carbocycles. The van der Waals surface area contributed by atoms with E-state index in [2.05, 4.69) is 11.2 Å². The molecule has 3 heterocycles. The Labute approximate surface area is 170 Å². The molecule has 3 aromatic rings. The van der Waals surface area contributed by atoms with Gasteiger partial charge in [0.25, 0.3) is 5.91 Å². The quantitative estimate of drug-likeness (QED) is 0.660. The molecule has 150 valence electrons. The summed E-state index contributed by atoms with van der Waals surface area (Å²) in [6, 6.07) is 12.5. The summed E-state index contributed by atoms with van der Waals surface area (Å²) in [6.45, 7) is 6.14. The molecule has 0 atom stereocenters. The molecule has 1 aromatic carbocycles. The zero-order valence-corrected chi connectivity index (χ0v) is 16.8. The summed E-state index contributed by atoms with van der Waals surface area (Å²) in [7, 11) is 0. The van der Waals surface area contributed by atoms with Crippen molar-refractivity contribution in [2.24, 2.45) is 0 Å². The van der Waals surface area contributed by atoms with Crippen LogP contribution < -0.4 is 0 Å². The third-order valence-corrected chi connectivity index (χ3v) is 5.54. The summed E-state index contributed by atoms with van der Waals surface area (Å²) in [5.74, 6) is 0.0757. The zero-order chi connectivity index (χ0) is 20.4. The van der Waals surface area contributed by atoms with E-state index in [-0.39, 0.29) is 11.7 Å². The molecule has 0 radical (unpaired) electrons. The summed E-state index contributed by atoms with van der Waals surface area (Å²) in [6.07, 6.45) is 3.59. The summed E-state index contributed by atoms with van der Waals surface area (Å²) < 4.78 is 15.0. The van der Waals surface area contributed by atoms with Crippen LogP contribution in [-0.2, 0) is 6.54 Å². The van der Waals surface area contributed by atoms with Crippen LogP contribution in [0.3, 0.4) is 0 Å². The molecule has 1 aliphatic heterocycles. The summed E-state index contributed by atoms with van der Waals surface area (Å²) in [5.41, 5.74) is 4.54. The minimum Gasteiger partial charge on any atom is -0.337 e. The van der Waals surface area contributed by atoms with Crippen LogP contribution >= 0.6 is 0 Å². The lowest BCUT2D eigenvalue weighted by atomic mass is 9.91. The van der Waals surface area contributed by atoms with Crippen LogP contribution in [0, 0.1) is 12.7 Å². The highest BCUT2D eigenvalue weighted by Crippen LogP contribution is 2.31. The van der Waals surface area contributed by atoms with E-state index in [4.69, 9.17) is 4.98 Å². The van der Waals surface area contributed by atoms with Gasteiger partial charge in [0.2, 0.25) is 0 Å². The number of hydrogen-bond acceptors (Lipinski definition) is 3. The first-order valence-electron chi connectivity index (χ1n) is 10.1. The Kier molecular flexibility index (Phi) is 5.43. The van der Waals surface area contributed by atoms with Gasteiger partial charge in [-0.25, -0.2) is 4.39 Å². The van der Waals surface area contributed by atoms with Crippen molar-refractivity contribution in [2.45, 2.75) is 39.2 Å². The van der Waals surface area contributed by atoms with Gasteiger partial charge in [0.15, 0.2) is 0 Å². The minimum absolute atomic E-state index is 0.000136. The third-order valence-electron chi connectivity index (χ3n) is 5.54. The molecule has 0 bridgehead atoms. The molecule has 0 saturated carbocycles. The van der Waals surface area contributed by atoms with Crippen molar-refractivity contribution in [2.75, 3.05) is 13.1 Å². The SMILES string of the molecule is CCn1ccc(C(=O)N2CCC(c3cc(-c4ccc(F)cc4)cc(C)n3)CC2)n1. The maximum absolute atomic E-state index is 13.2. The van der Waals surface area contributed by atoms with E-state index in [0.717, 1.165) is 41.9 Å². The maximum Gasteiger partial charge on any atom is 0.274 e. The fraction of sp³-hybridized carbons (Fsp3) is 0.348. The Morgan fingerprint density at radius 3 is 2.48 bits per heavy atom. The van der Waals surface area contributed by atoms with Gasteiger partial charge in [0.05, 0.1) is 0 Å². The van der Waals surface area contributed by atoms with Crippen LogP contribution in [0.25, 0.3) is 11.1 Å². The Balaban J connectivity index is 1.47. The molecule has 2 aromatic heterocycles. The number of hydrogen-bond donors (Lipinski definition) is 0. The van der Waals surface area contributed by atoms with Crippen LogP contribution in [0.5, 0.6) is 0 Å². The Bertz CT molecular complexity index is 1000. The van der Waals surface area contributed by atoms with Crippen molar-refractivity contribution in [3.63, 3.8) is 0 Å². The van der Waals surface area contributed by atoms with Gasteiger partial charge in [0, 0.05) is 43.1 Å². The first kappa shape index (κ1) is 19.3. The summed E-state index contributed by atoms with van der Waals surface area (Å²) in [4.78, 5) is 19.3. The van der Waals surface area contributed by atoms with E-state index in [9.17, 15) is 9.18 Å². The van der Waals surface area contributed by atoms with E-state index >= 15 is 0 Å². The predicted molar refractivity (Wildman–Crippen MR) is 110 cm³/mol. The Morgan fingerprint density at radius 1 is 1.10 bits per heavy atom. The first-order valence-corrected chi connectivity index (χ1v) is 10.1. The number of aromatic nitrogens is 3. The monoisotopic (exact) mass is 392 g/mol. The van der Waals surface area contributed by atoms with Crippen LogP contribution in [0.2, 0.25) is 0 Å². The van der Waals surface area contributed by atoms with E-state index in [1.807, 2.05) is 31.0 Å². The minimum atomic E-state index is -0.236. The normalized spacial score (nSPS) is 14.9. The molecule has 1 amide bonds. The molecule has 5 nitrogen and oxygen atoms in total. The molecule has 0 unspecified atom stereocenters. The van der Waals surface area contributed by atoms with Crippen molar-refractivity contribution in [3.8, 4) is 11.1 Å². The van der Waals surface area contributed by atoms with E-state index < -0.39 is 0 Å². The molecular formula is C23H25FN4O. The number of nitrogens with zero attached hydrogens (tertiary/aromatic N) is 4. The second-order valence-corrected chi connectivity index (χ2v) is 7.55. The molecule has 6 heteroatoms. The van der Waals surface area contributed by atoms with E-state index in [1.54, 1.807) is 22.9 Å². The third kappa shape index (κ3) is 4.21. The van der Waals surface area contributed by atoms with Crippen molar-refractivity contribution in [1.29, 1.82) is 0 Å². The largest absolute Gasteiger partial charge is 0.337 e. The van der Waals surface area contributed by atoms with Crippen LogP contribution in [0.15, 0.2) is 48.7 Å². The molecule has 1 saturated heterocycles. The van der Waals surface area contributed by atoms with E-state index in [1.165, 1.54) is 12.1 Å². The first-order chi connectivity index (χ1) is 14.0. The van der Waals surface area contributed by atoms with Gasteiger partial charge in [-0.2, -0.15) is 5.10 Å². The van der Waals surface area contributed by atoms with Gasteiger partial charge in [0.1, 0.15) is 11.5 Å². The average Bonchev–Trinajstić information content (AvgIpc) is 3.23. The van der Waals surface area contributed by atoms with Gasteiger partial charge in [-0.15, -0.1) is 0 Å². The predicted octanol–water partition coefficient (Wildman–Crippen LogP) is 4.43. The zero-order valence-electron chi connectivity index (χ0n) is 16.8. The molecular weight excluding hydrogens is 367 g/mol. The number of likely N-dealkylation sites (tertiary alicyclic amines) is 1. The standard InChI is InChI=1S/C23H25FN4O/c1-3-28-13-10-21(26-28)23(29)27-11-8-18(9-12-27)22-15-19(14-16(2)25-22)17-4-6-20(24)7-5-17/h4-7,10,13-15,18H,3,8-9,11-12H2,1-2H3. The summed E-state index contributed by atoms with van der Waals surface area (Å²) in [5, 5.41) is 4.33. The van der Waals surface area contributed by atoms with Gasteiger partial charge in [-0.3, -0.25) is 14.5 Å². The second-order valence-electron chi connectivity index (χ2n) is 7.55. The summed E-state index contributed by atoms with van der Waals surface area (Å²) >= 11 is 0. The number of benzene rings is 1. The fourth-order valence-electron chi connectivity index (χ4n) is 3.90. The molecule has 4 rings (SSSR count). The van der Waals surface area contributed by atoms with Gasteiger partial charge >= 0.3 is 0 Å². The van der Waals surface area contributed by atoms with Crippen molar-refractivity contribution in [1.82, 2.24) is 19.7 Å². The average molecular weight is 392 g/mol. The number of amides is 1. The molecule has 1 fully saturated rings. The maximum atomic E-state index is 13.2. The molecule has 29 heavy (non-hydrogen) atoms. The number of piperidine rings is 1. The molecule has 0 N–H and O–H groups in total. The number of pyridine rings is 1. The lowest BCUT2D eigenvalue weighted by Crippen LogP contribution is -2.38. The number of rotatable bonds is 4. The van der Waals surface area contributed by atoms with Crippen LogP contribution in [-0.4, -0.2) is 38.7 Å². The fourth-order valence-corrected chi connectivity index (χ4v) is 3.90. The van der Waals surface area contributed by atoms with Gasteiger partial charge < -0.3 is 4.90 Å². The molecule has 1 aliphatic rings. The second kappa shape index (κ2) is 8.15.